The van der Waals surface area contributed by atoms with E-state index in [0.29, 0.717) is 21.7 Å². The number of primary amides is 1. The number of rotatable bonds is 3. The molecule has 0 aliphatic heterocycles. The van der Waals surface area contributed by atoms with E-state index in [2.05, 4.69) is 4.98 Å². The number of carbonyl (C=O) groups excluding carboxylic acids is 1. The van der Waals surface area contributed by atoms with Gasteiger partial charge in [-0.05, 0) is 55.8 Å². The minimum atomic E-state index is -4.06. The molecule has 1 heterocycles. The maximum absolute atomic E-state index is 10.7. The number of pyridine rings is 1. The summed E-state index contributed by atoms with van der Waals surface area (Å²) in [5.41, 5.74) is 7.70. The van der Waals surface area contributed by atoms with Gasteiger partial charge < -0.3 is 5.73 Å². The minimum Gasteiger partial charge on any atom is -0.366 e. The number of carbonyl (C=O) groups is 1. The van der Waals surface area contributed by atoms with Crippen LogP contribution in [0.2, 0.25) is 5.02 Å². The summed E-state index contributed by atoms with van der Waals surface area (Å²) in [5, 5.41) is 1.32. The fraction of sp³-hybridized carbons (Fsp3) is 0.125. The van der Waals surface area contributed by atoms with Gasteiger partial charge in [-0.1, -0.05) is 17.7 Å². The Morgan fingerprint density at radius 2 is 1.92 bits per heavy atom. The van der Waals surface area contributed by atoms with Crippen LogP contribution >= 0.6 is 11.6 Å². The van der Waals surface area contributed by atoms with E-state index in [1.807, 2.05) is 0 Å². The molecule has 8 heteroatoms. The lowest BCUT2D eigenvalue weighted by Crippen LogP contribution is -2.12. The summed E-state index contributed by atoms with van der Waals surface area (Å²) in [7, 11) is -4.06. The molecular weight excluding hydrogens is 352 g/mol. The van der Waals surface area contributed by atoms with E-state index in [0.717, 1.165) is 11.3 Å². The Balaban J connectivity index is 0.000000243. The summed E-state index contributed by atoms with van der Waals surface area (Å²) < 4.78 is 29.1. The second-order valence-electron chi connectivity index (χ2n) is 4.85. The molecular formula is C16H17ClN2O4S. The monoisotopic (exact) mass is 368 g/mol. The molecule has 0 fully saturated rings. The average molecular weight is 369 g/mol. The van der Waals surface area contributed by atoms with E-state index in [9.17, 15) is 13.2 Å². The van der Waals surface area contributed by atoms with Crippen molar-refractivity contribution in [1.29, 1.82) is 0 Å². The number of aromatic nitrogens is 1. The van der Waals surface area contributed by atoms with Gasteiger partial charge in [0.2, 0.25) is 5.91 Å². The number of nitrogens with zero attached hydrogens (tertiary/aromatic N) is 1. The van der Waals surface area contributed by atoms with Crippen LogP contribution in [0.3, 0.4) is 0 Å². The smallest absolute Gasteiger partial charge is 0.287 e. The van der Waals surface area contributed by atoms with Crippen molar-refractivity contribution < 1.29 is 17.8 Å². The lowest BCUT2D eigenvalue weighted by atomic mass is 10.1. The molecule has 0 aliphatic carbocycles. The van der Waals surface area contributed by atoms with Crippen LogP contribution in [0, 0.1) is 13.8 Å². The largest absolute Gasteiger partial charge is 0.366 e. The van der Waals surface area contributed by atoms with Crippen molar-refractivity contribution in [3.05, 3.63) is 69.3 Å². The molecule has 1 aromatic heterocycles. The first kappa shape index (κ1) is 19.8. The molecule has 6 nitrogen and oxygen atoms in total. The zero-order chi connectivity index (χ0) is 18.3. The lowest BCUT2D eigenvalue weighted by molar-refractivity contribution is 0.0999. The van der Waals surface area contributed by atoms with Gasteiger partial charge in [-0.2, -0.15) is 8.42 Å². The van der Waals surface area contributed by atoms with Crippen LogP contribution in [0.4, 0.5) is 0 Å². The fourth-order valence-corrected chi connectivity index (χ4v) is 2.25. The lowest BCUT2D eigenvalue weighted by Gasteiger charge is -1.99. The minimum absolute atomic E-state index is 0.417. The Kier molecular flexibility index (Phi) is 7.09. The number of halogens is 1. The molecule has 1 amide bonds. The van der Waals surface area contributed by atoms with Crippen LogP contribution < -0.4 is 5.73 Å². The summed E-state index contributed by atoms with van der Waals surface area (Å²) in [6.07, 6.45) is 1.24. The highest BCUT2D eigenvalue weighted by Crippen LogP contribution is 2.14. The van der Waals surface area contributed by atoms with Crippen molar-refractivity contribution in [3.63, 3.8) is 0 Å². The first-order valence-corrected chi connectivity index (χ1v) is 8.62. The normalized spacial score (nSPS) is 11.0. The van der Waals surface area contributed by atoms with Gasteiger partial charge in [0.25, 0.3) is 10.1 Å². The Labute approximate surface area is 145 Å². The number of benzene rings is 1. The molecule has 0 aliphatic rings. The second-order valence-corrected chi connectivity index (χ2v) is 6.58. The van der Waals surface area contributed by atoms with Crippen molar-refractivity contribution >= 4 is 33.7 Å². The van der Waals surface area contributed by atoms with Gasteiger partial charge in [0.1, 0.15) is 0 Å². The molecule has 2 rings (SSSR count). The third-order valence-corrected chi connectivity index (χ3v) is 3.49. The van der Waals surface area contributed by atoms with E-state index in [1.165, 1.54) is 6.08 Å². The predicted molar refractivity (Wildman–Crippen MR) is 94.3 cm³/mol. The maximum Gasteiger partial charge on any atom is 0.287 e. The van der Waals surface area contributed by atoms with Crippen LogP contribution in [0.15, 0.2) is 41.8 Å². The van der Waals surface area contributed by atoms with Gasteiger partial charge in [0.15, 0.2) is 0 Å². The third kappa shape index (κ3) is 7.36. The van der Waals surface area contributed by atoms with Crippen molar-refractivity contribution in [2.45, 2.75) is 13.8 Å². The Morgan fingerprint density at radius 3 is 2.42 bits per heavy atom. The third-order valence-electron chi connectivity index (χ3n) is 2.77. The number of hydrogen-bond donors (Lipinski definition) is 2. The standard InChI is InChI=1S/C8H8ClNO.C8H9NO3S/c1-5-4-6(9)2-3-7(5)8(10)11;1-7-3-2-4-8(9-7)5-6-13(10,11)12/h2-4H,1H3,(H2,10,11);2-6H,1H3,(H,10,11,12). The highest BCUT2D eigenvalue weighted by atomic mass is 35.5. The molecule has 0 atom stereocenters. The summed E-state index contributed by atoms with van der Waals surface area (Å²) in [4.78, 5) is 14.7. The molecule has 0 saturated carbocycles. The molecule has 1 aromatic carbocycles. The molecule has 0 saturated heterocycles. The van der Waals surface area contributed by atoms with Crippen molar-refractivity contribution in [2.24, 2.45) is 5.73 Å². The van der Waals surface area contributed by atoms with Gasteiger partial charge >= 0.3 is 0 Å². The van der Waals surface area contributed by atoms with E-state index < -0.39 is 16.0 Å². The van der Waals surface area contributed by atoms with Crippen LogP contribution in [-0.4, -0.2) is 23.9 Å². The quantitative estimate of drug-likeness (QED) is 0.809. The Bertz CT molecular complexity index is 864. The summed E-state index contributed by atoms with van der Waals surface area (Å²) in [6.45, 7) is 3.59. The van der Waals surface area contributed by atoms with E-state index in [4.69, 9.17) is 21.9 Å². The molecule has 128 valence electrons. The van der Waals surface area contributed by atoms with Crippen LogP contribution in [0.25, 0.3) is 6.08 Å². The number of aryl methyl sites for hydroxylation is 2. The zero-order valence-electron chi connectivity index (χ0n) is 13.1. The summed E-state index contributed by atoms with van der Waals surface area (Å²) >= 11 is 5.67. The van der Waals surface area contributed by atoms with E-state index in [-0.39, 0.29) is 0 Å². The predicted octanol–water partition coefficient (Wildman–Crippen LogP) is 3.00. The van der Waals surface area contributed by atoms with Crippen molar-refractivity contribution in [3.8, 4) is 0 Å². The summed E-state index contributed by atoms with van der Waals surface area (Å²) in [6, 6.07) is 10.2. The van der Waals surface area contributed by atoms with Gasteiger partial charge in [0, 0.05) is 16.3 Å². The topological polar surface area (TPSA) is 110 Å². The molecule has 0 radical (unpaired) electrons. The second kappa shape index (κ2) is 8.58. The van der Waals surface area contributed by atoms with Crippen LogP contribution in [-0.2, 0) is 10.1 Å². The number of amides is 1. The maximum atomic E-state index is 10.7. The number of nitrogens with two attached hydrogens (primary N) is 1. The SMILES string of the molecule is Cc1cc(Cl)ccc1C(N)=O.Cc1cccc(C=CS(=O)(=O)O)n1. The van der Waals surface area contributed by atoms with E-state index >= 15 is 0 Å². The zero-order valence-corrected chi connectivity index (χ0v) is 14.7. The van der Waals surface area contributed by atoms with Crippen LogP contribution in [0.1, 0.15) is 27.3 Å². The highest BCUT2D eigenvalue weighted by Gasteiger charge is 2.03. The highest BCUT2D eigenvalue weighted by molar-refractivity contribution is 7.88. The van der Waals surface area contributed by atoms with Crippen molar-refractivity contribution in [2.75, 3.05) is 0 Å². The fourth-order valence-electron chi connectivity index (χ4n) is 1.72. The first-order valence-electron chi connectivity index (χ1n) is 6.73. The average Bonchev–Trinajstić information content (AvgIpc) is 2.45. The number of hydrogen-bond acceptors (Lipinski definition) is 4. The van der Waals surface area contributed by atoms with E-state index in [1.54, 1.807) is 50.2 Å². The molecule has 0 unspecified atom stereocenters. The van der Waals surface area contributed by atoms with Gasteiger partial charge in [-0.3, -0.25) is 14.3 Å². The van der Waals surface area contributed by atoms with Gasteiger partial charge in [-0.25, -0.2) is 0 Å². The van der Waals surface area contributed by atoms with Crippen LogP contribution in [0.5, 0.6) is 0 Å². The molecule has 0 bridgehead atoms. The van der Waals surface area contributed by atoms with Gasteiger partial charge in [-0.15, -0.1) is 0 Å². The van der Waals surface area contributed by atoms with Crippen molar-refractivity contribution in [1.82, 2.24) is 4.98 Å². The summed E-state index contributed by atoms with van der Waals surface area (Å²) in [5.74, 6) is -0.417. The molecule has 0 spiro atoms. The molecule has 24 heavy (non-hydrogen) atoms. The Hall–Kier alpha value is -2.22. The first-order chi connectivity index (χ1) is 11.1. The molecule has 2 aromatic rings. The molecule has 3 N–H and O–H groups in total. The Morgan fingerprint density at radius 1 is 1.25 bits per heavy atom. The van der Waals surface area contributed by atoms with Gasteiger partial charge in [0.05, 0.1) is 11.1 Å².